The molecule has 0 saturated carbocycles. The third-order valence-corrected chi connectivity index (χ3v) is 4.18. The number of unbranched alkanes of at least 4 members (excludes halogenated alkanes) is 6. The van der Waals surface area contributed by atoms with Crippen molar-refractivity contribution in [3.8, 4) is 17.2 Å². The Balaban J connectivity index is 1.96. The third kappa shape index (κ3) is 6.32. The molecule has 0 bridgehead atoms. The van der Waals surface area contributed by atoms with Gasteiger partial charge in [-0.05, 0) is 31.1 Å². The first-order chi connectivity index (χ1) is 13.2. The lowest BCUT2D eigenvalue weighted by molar-refractivity contribution is 0.201. The van der Waals surface area contributed by atoms with Crippen LogP contribution in [-0.2, 0) is 0 Å². The second-order valence-electron chi connectivity index (χ2n) is 6.34. The molecule has 27 heavy (non-hydrogen) atoms. The zero-order valence-corrected chi connectivity index (χ0v) is 15.8. The number of aromatic hydroxyl groups is 1. The Morgan fingerprint density at radius 3 is 2.70 bits per heavy atom. The lowest BCUT2D eigenvalue weighted by Gasteiger charge is -2.08. The third-order valence-electron chi connectivity index (χ3n) is 4.18. The fourth-order valence-electron chi connectivity index (χ4n) is 2.73. The van der Waals surface area contributed by atoms with Gasteiger partial charge in [0.2, 0.25) is 0 Å². The van der Waals surface area contributed by atoms with Crippen LogP contribution in [0.3, 0.4) is 0 Å². The predicted molar refractivity (Wildman–Crippen MR) is 104 cm³/mol. The number of rotatable bonds is 12. The van der Waals surface area contributed by atoms with Gasteiger partial charge in [0, 0.05) is 6.07 Å². The molecular weight excluding hydrogens is 348 g/mol. The molecule has 2 N–H and O–H groups in total. The molecule has 0 saturated heterocycles. The van der Waals surface area contributed by atoms with Crippen LogP contribution in [0.25, 0.3) is 11.0 Å². The first-order valence-electron chi connectivity index (χ1n) is 9.52. The molecule has 0 aliphatic heterocycles. The molecule has 0 fully saturated rings. The van der Waals surface area contributed by atoms with Gasteiger partial charge in [-0.1, -0.05) is 39.0 Å². The highest BCUT2D eigenvalue weighted by Crippen LogP contribution is 2.33. The van der Waals surface area contributed by atoms with Gasteiger partial charge in [-0.15, -0.1) is 0 Å². The molecule has 0 aliphatic rings. The number of benzene rings is 1. The van der Waals surface area contributed by atoms with Crippen LogP contribution in [0.5, 0.6) is 17.2 Å². The van der Waals surface area contributed by atoms with Crippen molar-refractivity contribution < 1.29 is 24.1 Å². The standard InChI is InChI=1S/C21H28O6/c1-2-3-4-5-6-7-8-9-13-26-20-19(23)17-11-10-16(25-14-12-22)15-18(17)27-21(20)24/h9-11,13,15,22-23H,2-8,12,14H2,1H3. The van der Waals surface area contributed by atoms with Gasteiger partial charge in [0.1, 0.15) is 17.9 Å². The van der Waals surface area contributed by atoms with Gasteiger partial charge in [0.05, 0.1) is 18.3 Å². The normalized spacial score (nSPS) is 11.3. The van der Waals surface area contributed by atoms with Crippen LogP contribution in [0, 0.1) is 0 Å². The second kappa shape index (κ2) is 11.3. The van der Waals surface area contributed by atoms with Crippen LogP contribution in [-0.4, -0.2) is 23.4 Å². The van der Waals surface area contributed by atoms with Crippen molar-refractivity contribution >= 4 is 11.0 Å². The molecule has 2 rings (SSSR count). The SMILES string of the molecule is CCCCCCCCC=COc1c(O)c2ccc(OCCO)cc2oc1=O. The van der Waals surface area contributed by atoms with Gasteiger partial charge in [0.15, 0.2) is 5.75 Å². The molecule has 6 heteroatoms. The molecule has 0 atom stereocenters. The van der Waals surface area contributed by atoms with Crippen LogP contribution >= 0.6 is 0 Å². The lowest BCUT2D eigenvalue weighted by atomic mass is 10.1. The number of aliphatic hydroxyl groups is 1. The zero-order valence-electron chi connectivity index (χ0n) is 15.8. The highest BCUT2D eigenvalue weighted by atomic mass is 16.5. The van der Waals surface area contributed by atoms with E-state index in [1.165, 1.54) is 44.4 Å². The number of ether oxygens (including phenoxy) is 2. The topological polar surface area (TPSA) is 89.1 Å². The Bertz CT molecular complexity index is 793. The summed E-state index contributed by atoms with van der Waals surface area (Å²) in [5.41, 5.74) is -0.570. The fourth-order valence-corrected chi connectivity index (χ4v) is 2.73. The van der Waals surface area contributed by atoms with E-state index in [9.17, 15) is 9.90 Å². The highest BCUT2D eigenvalue weighted by Gasteiger charge is 2.15. The average molecular weight is 376 g/mol. The van der Waals surface area contributed by atoms with Crippen LogP contribution in [0.4, 0.5) is 0 Å². The second-order valence-corrected chi connectivity index (χ2v) is 6.34. The summed E-state index contributed by atoms with van der Waals surface area (Å²) < 4.78 is 15.8. The molecule has 0 aliphatic carbocycles. The maximum atomic E-state index is 12.1. The van der Waals surface area contributed by atoms with E-state index in [1.54, 1.807) is 12.1 Å². The predicted octanol–water partition coefficient (Wildman–Crippen LogP) is 4.51. The van der Waals surface area contributed by atoms with Crippen molar-refractivity contribution in [3.63, 3.8) is 0 Å². The van der Waals surface area contributed by atoms with Crippen LogP contribution in [0.15, 0.2) is 39.7 Å². The minimum atomic E-state index is -0.761. The molecule has 0 unspecified atom stereocenters. The minimum absolute atomic E-state index is 0.120. The van der Waals surface area contributed by atoms with E-state index in [0.29, 0.717) is 11.1 Å². The minimum Gasteiger partial charge on any atom is -0.504 e. The lowest BCUT2D eigenvalue weighted by Crippen LogP contribution is -2.04. The van der Waals surface area contributed by atoms with Gasteiger partial charge in [0.25, 0.3) is 5.75 Å². The summed E-state index contributed by atoms with van der Waals surface area (Å²) in [4.78, 5) is 12.1. The Labute approximate surface area is 159 Å². The van der Waals surface area contributed by atoms with Gasteiger partial charge in [-0.25, -0.2) is 4.79 Å². The van der Waals surface area contributed by atoms with Crippen molar-refractivity contribution in [2.45, 2.75) is 51.9 Å². The number of hydrogen-bond donors (Lipinski definition) is 2. The number of fused-ring (bicyclic) bond motifs is 1. The maximum Gasteiger partial charge on any atom is 0.383 e. The summed E-state index contributed by atoms with van der Waals surface area (Å²) in [6.45, 7) is 2.21. The summed E-state index contributed by atoms with van der Waals surface area (Å²) >= 11 is 0. The first kappa shape index (κ1) is 20.8. The van der Waals surface area contributed by atoms with E-state index in [-0.39, 0.29) is 30.3 Å². The molecule has 0 amide bonds. The first-order valence-corrected chi connectivity index (χ1v) is 9.52. The van der Waals surface area contributed by atoms with Crippen LogP contribution in [0.2, 0.25) is 0 Å². The maximum absolute atomic E-state index is 12.1. The van der Waals surface area contributed by atoms with Crippen molar-refractivity contribution in [2.24, 2.45) is 0 Å². The Hall–Kier alpha value is -2.47. The Kier molecular flexibility index (Phi) is 8.71. The monoisotopic (exact) mass is 376 g/mol. The van der Waals surface area contributed by atoms with Crippen molar-refractivity contribution in [1.29, 1.82) is 0 Å². The Morgan fingerprint density at radius 2 is 1.93 bits per heavy atom. The number of hydrogen-bond acceptors (Lipinski definition) is 6. The number of aliphatic hydroxyl groups excluding tert-OH is 1. The Morgan fingerprint density at radius 1 is 1.15 bits per heavy atom. The molecular formula is C21H28O6. The highest BCUT2D eigenvalue weighted by molar-refractivity contribution is 5.86. The molecule has 0 spiro atoms. The van der Waals surface area contributed by atoms with Crippen molar-refractivity contribution in [1.82, 2.24) is 0 Å². The van der Waals surface area contributed by atoms with E-state index in [0.717, 1.165) is 12.8 Å². The summed E-state index contributed by atoms with van der Waals surface area (Å²) in [7, 11) is 0. The quantitative estimate of drug-likeness (QED) is 0.322. The molecule has 0 radical (unpaired) electrons. The van der Waals surface area contributed by atoms with E-state index in [2.05, 4.69) is 6.92 Å². The van der Waals surface area contributed by atoms with Crippen LogP contribution < -0.4 is 15.1 Å². The van der Waals surface area contributed by atoms with E-state index in [4.69, 9.17) is 19.0 Å². The van der Waals surface area contributed by atoms with Gasteiger partial charge in [-0.3, -0.25) is 0 Å². The van der Waals surface area contributed by atoms with Crippen LogP contribution in [0.1, 0.15) is 51.9 Å². The molecule has 1 aromatic carbocycles. The van der Waals surface area contributed by atoms with Gasteiger partial charge < -0.3 is 24.1 Å². The smallest absolute Gasteiger partial charge is 0.383 e. The largest absolute Gasteiger partial charge is 0.504 e. The van der Waals surface area contributed by atoms with Gasteiger partial charge >= 0.3 is 5.63 Å². The molecule has 2 aromatic rings. The molecule has 6 nitrogen and oxygen atoms in total. The summed E-state index contributed by atoms with van der Waals surface area (Å²) in [6.07, 6.45) is 11.4. The average Bonchev–Trinajstić information content (AvgIpc) is 2.67. The van der Waals surface area contributed by atoms with E-state index >= 15 is 0 Å². The summed E-state index contributed by atoms with van der Waals surface area (Å²) in [6, 6.07) is 4.69. The van der Waals surface area contributed by atoms with Gasteiger partial charge in [-0.2, -0.15) is 0 Å². The summed E-state index contributed by atoms with van der Waals surface area (Å²) in [5.74, 6) is -0.0588. The summed E-state index contributed by atoms with van der Waals surface area (Å²) in [5, 5.41) is 19.5. The molecule has 1 aromatic heterocycles. The molecule has 1 heterocycles. The van der Waals surface area contributed by atoms with E-state index < -0.39 is 5.63 Å². The van der Waals surface area contributed by atoms with E-state index in [1.807, 2.05) is 6.08 Å². The fraction of sp³-hybridized carbons (Fsp3) is 0.476. The van der Waals surface area contributed by atoms with Crippen molar-refractivity contribution in [3.05, 3.63) is 41.0 Å². The molecule has 148 valence electrons. The number of allylic oxidation sites excluding steroid dienone is 1. The zero-order chi connectivity index (χ0) is 19.5. The van der Waals surface area contributed by atoms with Crippen molar-refractivity contribution in [2.75, 3.05) is 13.2 Å².